The van der Waals surface area contributed by atoms with Crippen molar-refractivity contribution in [2.75, 3.05) is 23.9 Å². The van der Waals surface area contributed by atoms with Crippen molar-refractivity contribution in [3.8, 4) is 17.1 Å². The van der Waals surface area contributed by atoms with E-state index in [0.717, 1.165) is 41.7 Å². The summed E-state index contributed by atoms with van der Waals surface area (Å²) in [6.07, 6.45) is 11.5. The van der Waals surface area contributed by atoms with Gasteiger partial charge < -0.3 is 14.2 Å². The molecule has 0 radical (unpaired) electrons. The normalized spacial score (nSPS) is 15.3. The van der Waals surface area contributed by atoms with Gasteiger partial charge in [0, 0.05) is 55.1 Å². The minimum atomic E-state index is 0.470. The highest BCUT2D eigenvalue weighted by Crippen LogP contribution is 2.40. The molecule has 158 valence electrons. The van der Waals surface area contributed by atoms with Crippen LogP contribution in [0.5, 0.6) is 5.88 Å². The van der Waals surface area contributed by atoms with E-state index in [-0.39, 0.29) is 0 Å². The Balaban J connectivity index is 1.25. The van der Waals surface area contributed by atoms with Crippen molar-refractivity contribution in [2.24, 2.45) is 0 Å². The summed E-state index contributed by atoms with van der Waals surface area (Å²) in [5, 5.41) is 11.5. The van der Waals surface area contributed by atoms with Crippen LogP contribution in [0.25, 0.3) is 11.3 Å². The predicted molar refractivity (Wildman–Crippen MR) is 119 cm³/mol. The van der Waals surface area contributed by atoms with E-state index >= 15 is 0 Å². The summed E-state index contributed by atoms with van der Waals surface area (Å²) in [7, 11) is 1.59. The number of anilines is 3. The van der Waals surface area contributed by atoms with Crippen LogP contribution < -0.4 is 15.0 Å². The maximum Gasteiger partial charge on any atom is 0.232 e. The molecule has 0 bridgehead atoms. The topological polar surface area (TPSA) is 96.8 Å². The molecule has 0 atom stereocenters. The molecule has 1 aliphatic heterocycles. The van der Waals surface area contributed by atoms with E-state index < -0.39 is 0 Å². The molecule has 2 N–H and O–H groups in total. The number of nitrogens with one attached hydrogen (secondary N) is 2. The van der Waals surface area contributed by atoms with Crippen molar-refractivity contribution >= 4 is 28.2 Å². The van der Waals surface area contributed by atoms with Gasteiger partial charge in [-0.1, -0.05) is 0 Å². The number of nitrogens with zero attached hydrogens (tertiary/aromatic N) is 6. The molecule has 5 heterocycles. The molecule has 4 aromatic rings. The molecule has 1 aliphatic carbocycles. The molecule has 0 spiro atoms. The maximum absolute atomic E-state index is 5.18. The highest BCUT2D eigenvalue weighted by Gasteiger charge is 2.27. The average Bonchev–Trinajstić information content (AvgIpc) is 3.20. The Labute approximate surface area is 183 Å². The van der Waals surface area contributed by atoms with Crippen LogP contribution in [0.1, 0.15) is 29.3 Å². The zero-order valence-corrected chi connectivity index (χ0v) is 17.9. The first kappa shape index (κ1) is 18.4. The number of aromatic amines is 1. The van der Waals surface area contributed by atoms with Crippen molar-refractivity contribution in [1.82, 2.24) is 29.7 Å². The third-order valence-electron chi connectivity index (χ3n) is 5.67. The molecule has 6 rings (SSSR count). The standard InChI is InChI=1S/C21H22N8OS/c1-30-17-4-7-22-20(24-17)26-21-25-18-15-10-23-27-19(15)29(9-6-16(18)31-21)12-13-5-8-28(11-13)14-2-3-14/h4-5,7-8,10-11,14H,2-3,6,9,12H2,1H3,(H,23,27)(H,22,24,25,26). The van der Waals surface area contributed by atoms with E-state index in [0.29, 0.717) is 17.9 Å². The van der Waals surface area contributed by atoms with Crippen LogP contribution in [0.2, 0.25) is 0 Å². The summed E-state index contributed by atoms with van der Waals surface area (Å²) in [6.45, 7) is 1.75. The minimum absolute atomic E-state index is 0.470. The summed E-state index contributed by atoms with van der Waals surface area (Å²) in [5.41, 5.74) is 3.32. The Bertz CT molecular complexity index is 1220. The number of hydrogen-bond donors (Lipinski definition) is 2. The average molecular weight is 435 g/mol. The van der Waals surface area contributed by atoms with Crippen LogP contribution in [0.15, 0.2) is 36.9 Å². The number of thiazole rings is 1. The lowest BCUT2D eigenvalue weighted by Crippen LogP contribution is -2.24. The van der Waals surface area contributed by atoms with Crippen LogP contribution in [-0.2, 0) is 13.0 Å². The maximum atomic E-state index is 5.18. The van der Waals surface area contributed by atoms with Crippen LogP contribution in [0.4, 0.5) is 16.9 Å². The summed E-state index contributed by atoms with van der Waals surface area (Å²) >= 11 is 1.63. The van der Waals surface area contributed by atoms with Gasteiger partial charge in [-0.05, 0) is 24.5 Å². The van der Waals surface area contributed by atoms with Gasteiger partial charge in [-0.3, -0.25) is 10.4 Å². The van der Waals surface area contributed by atoms with Crippen LogP contribution in [0.3, 0.4) is 0 Å². The molecule has 0 aromatic carbocycles. The number of hydrogen-bond acceptors (Lipinski definition) is 8. The fourth-order valence-corrected chi connectivity index (χ4v) is 4.93. The molecular formula is C21H22N8OS. The Hall–Kier alpha value is -3.40. The summed E-state index contributed by atoms with van der Waals surface area (Å²) in [4.78, 5) is 17.0. The van der Waals surface area contributed by atoms with Crippen molar-refractivity contribution in [1.29, 1.82) is 0 Å². The lowest BCUT2D eigenvalue weighted by atomic mass is 10.2. The van der Waals surface area contributed by atoms with Gasteiger partial charge in [-0.25, -0.2) is 9.97 Å². The SMILES string of the molecule is COc1ccnc(Nc2nc3c(s2)CCN(Cc2ccn(C4CC4)c2)c2[nH]ncc2-3)n1. The second-order valence-electron chi connectivity index (χ2n) is 7.84. The number of aromatic nitrogens is 6. The van der Waals surface area contributed by atoms with Crippen molar-refractivity contribution in [2.45, 2.75) is 31.8 Å². The molecular weight excluding hydrogens is 412 g/mol. The van der Waals surface area contributed by atoms with Gasteiger partial charge in [0.1, 0.15) is 5.82 Å². The smallest absolute Gasteiger partial charge is 0.232 e. The molecule has 1 fully saturated rings. The Morgan fingerprint density at radius 1 is 1.29 bits per heavy atom. The fraction of sp³-hybridized carbons (Fsp3) is 0.333. The monoisotopic (exact) mass is 434 g/mol. The number of rotatable bonds is 6. The second-order valence-corrected chi connectivity index (χ2v) is 8.92. The fourth-order valence-electron chi connectivity index (χ4n) is 3.97. The largest absolute Gasteiger partial charge is 0.481 e. The highest BCUT2D eigenvalue weighted by atomic mass is 32.1. The third-order valence-corrected chi connectivity index (χ3v) is 6.70. The third kappa shape index (κ3) is 3.52. The molecule has 1 saturated carbocycles. The van der Waals surface area contributed by atoms with Gasteiger partial charge in [0.25, 0.3) is 0 Å². The molecule has 9 nitrogen and oxygen atoms in total. The van der Waals surface area contributed by atoms with Crippen LogP contribution in [0, 0.1) is 0 Å². The minimum Gasteiger partial charge on any atom is -0.481 e. The lowest BCUT2D eigenvalue weighted by molar-refractivity contribution is 0.397. The van der Waals surface area contributed by atoms with Gasteiger partial charge in [0.05, 0.1) is 24.6 Å². The second kappa shape index (κ2) is 7.38. The number of H-pyrrole nitrogens is 1. The first-order valence-electron chi connectivity index (χ1n) is 10.4. The molecule has 4 aromatic heterocycles. The van der Waals surface area contributed by atoms with E-state index in [1.54, 1.807) is 30.7 Å². The van der Waals surface area contributed by atoms with Gasteiger partial charge in [-0.2, -0.15) is 10.1 Å². The Morgan fingerprint density at radius 3 is 3.10 bits per heavy atom. The van der Waals surface area contributed by atoms with Gasteiger partial charge in [0.2, 0.25) is 11.8 Å². The van der Waals surface area contributed by atoms with Crippen molar-refractivity contribution in [3.63, 3.8) is 0 Å². The van der Waals surface area contributed by atoms with Gasteiger partial charge in [-0.15, -0.1) is 11.3 Å². The molecule has 31 heavy (non-hydrogen) atoms. The Kier molecular flexibility index (Phi) is 4.37. The van der Waals surface area contributed by atoms with Crippen molar-refractivity contribution in [3.05, 3.63) is 47.4 Å². The van der Waals surface area contributed by atoms with E-state index in [1.807, 2.05) is 6.20 Å². The number of fused-ring (bicyclic) bond motifs is 3. The number of methoxy groups -OCH3 is 1. The van der Waals surface area contributed by atoms with E-state index in [1.165, 1.54) is 23.3 Å². The summed E-state index contributed by atoms with van der Waals surface area (Å²) in [6, 6.07) is 4.65. The van der Waals surface area contributed by atoms with Crippen molar-refractivity contribution < 1.29 is 4.74 Å². The zero-order valence-electron chi connectivity index (χ0n) is 17.1. The Morgan fingerprint density at radius 2 is 2.23 bits per heavy atom. The first-order chi connectivity index (χ1) is 15.3. The van der Waals surface area contributed by atoms with Crippen LogP contribution in [-0.4, -0.2) is 43.4 Å². The van der Waals surface area contributed by atoms with E-state index in [4.69, 9.17) is 9.72 Å². The van der Waals surface area contributed by atoms with E-state index in [2.05, 4.69) is 53.4 Å². The van der Waals surface area contributed by atoms with Gasteiger partial charge in [0.15, 0.2) is 5.13 Å². The molecule has 10 heteroatoms. The zero-order chi connectivity index (χ0) is 20.8. The molecule has 2 aliphatic rings. The summed E-state index contributed by atoms with van der Waals surface area (Å²) in [5.74, 6) is 2.00. The molecule has 0 saturated heterocycles. The highest BCUT2D eigenvalue weighted by molar-refractivity contribution is 7.16. The van der Waals surface area contributed by atoms with Gasteiger partial charge >= 0.3 is 0 Å². The first-order valence-corrected chi connectivity index (χ1v) is 11.2. The predicted octanol–water partition coefficient (Wildman–Crippen LogP) is 3.77. The molecule has 0 amide bonds. The lowest BCUT2D eigenvalue weighted by Gasteiger charge is -2.21. The summed E-state index contributed by atoms with van der Waals surface area (Å²) < 4.78 is 7.52. The molecule has 0 unspecified atom stereocenters. The number of ether oxygens (including phenoxy) is 1. The van der Waals surface area contributed by atoms with E-state index in [9.17, 15) is 0 Å². The quantitative estimate of drug-likeness (QED) is 0.477. The van der Waals surface area contributed by atoms with Crippen LogP contribution >= 0.6 is 11.3 Å².